The zero-order chi connectivity index (χ0) is 14.7. The van der Waals surface area contributed by atoms with Crippen molar-refractivity contribution in [2.45, 2.75) is 77.6 Å². The molecule has 20 heavy (non-hydrogen) atoms. The van der Waals surface area contributed by atoms with Crippen molar-refractivity contribution in [2.75, 3.05) is 20.2 Å². The summed E-state index contributed by atoms with van der Waals surface area (Å²) >= 11 is 0. The van der Waals surface area contributed by atoms with E-state index < -0.39 is 0 Å². The molecular formula is C17H34N2O. The second-order valence-corrected chi connectivity index (χ2v) is 7.57. The van der Waals surface area contributed by atoms with Crippen LogP contribution in [0.5, 0.6) is 0 Å². The number of nitrogens with zero attached hydrogens (tertiary/aromatic N) is 1. The van der Waals surface area contributed by atoms with Crippen molar-refractivity contribution in [3.63, 3.8) is 0 Å². The van der Waals surface area contributed by atoms with Crippen LogP contribution in [0, 0.1) is 11.8 Å². The van der Waals surface area contributed by atoms with Gasteiger partial charge in [-0.15, -0.1) is 0 Å². The highest BCUT2D eigenvalue weighted by molar-refractivity contribution is 4.94. The Morgan fingerprint density at radius 2 is 1.95 bits per heavy atom. The lowest BCUT2D eigenvalue weighted by molar-refractivity contribution is 0.0410. The van der Waals surface area contributed by atoms with Crippen molar-refractivity contribution in [2.24, 2.45) is 11.8 Å². The number of rotatable bonds is 5. The first-order valence-electron chi connectivity index (χ1n) is 8.53. The molecule has 2 aliphatic rings. The Morgan fingerprint density at radius 3 is 2.50 bits per heavy atom. The van der Waals surface area contributed by atoms with Gasteiger partial charge in [0.1, 0.15) is 0 Å². The molecule has 4 unspecified atom stereocenters. The molecule has 1 N–H and O–H groups in total. The molecule has 0 bridgehead atoms. The maximum absolute atomic E-state index is 5.58. The molecule has 0 aromatic rings. The van der Waals surface area contributed by atoms with Crippen LogP contribution in [-0.4, -0.2) is 49.3 Å². The fourth-order valence-corrected chi connectivity index (χ4v) is 4.06. The third-order valence-corrected chi connectivity index (χ3v) is 5.16. The molecule has 0 aromatic heterocycles. The van der Waals surface area contributed by atoms with Gasteiger partial charge in [-0.2, -0.15) is 0 Å². The Labute approximate surface area is 125 Å². The van der Waals surface area contributed by atoms with Gasteiger partial charge in [0.05, 0.1) is 6.10 Å². The summed E-state index contributed by atoms with van der Waals surface area (Å²) in [4.78, 5) is 2.81. The van der Waals surface area contributed by atoms with Crippen molar-refractivity contribution >= 4 is 0 Å². The van der Waals surface area contributed by atoms with E-state index in [1.165, 1.54) is 32.2 Å². The summed E-state index contributed by atoms with van der Waals surface area (Å²) in [6.07, 6.45) is 5.57. The van der Waals surface area contributed by atoms with Gasteiger partial charge < -0.3 is 10.1 Å². The second-order valence-electron chi connectivity index (χ2n) is 7.57. The summed E-state index contributed by atoms with van der Waals surface area (Å²) in [5.41, 5.74) is 0. The van der Waals surface area contributed by atoms with Gasteiger partial charge in [0.2, 0.25) is 0 Å². The summed E-state index contributed by atoms with van der Waals surface area (Å²) < 4.78 is 5.58. The van der Waals surface area contributed by atoms with Crippen molar-refractivity contribution in [3.8, 4) is 0 Å². The van der Waals surface area contributed by atoms with E-state index in [1.807, 2.05) is 7.11 Å². The Hall–Kier alpha value is -0.120. The quantitative estimate of drug-likeness (QED) is 0.839. The molecule has 0 radical (unpaired) electrons. The third kappa shape index (κ3) is 3.96. The average molecular weight is 282 g/mol. The van der Waals surface area contributed by atoms with Gasteiger partial charge in [0, 0.05) is 38.3 Å². The van der Waals surface area contributed by atoms with Crippen LogP contribution in [-0.2, 0) is 4.74 Å². The minimum absolute atomic E-state index is 0.492. The van der Waals surface area contributed by atoms with Gasteiger partial charge in [-0.1, -0.05) is 27.7 Å². The number of methoxy groups -OCH3 is 1. The summed E-state index contributed by atoms with van der Waals surface area (Å²) in [6.45, 7) is 11.8. The van der Waals surface area contributed by atoms with E-state index in [-0.39, 0.29) is 0 Å². The van der Waals surface area contributed by atoms with Crippen molar-refractivity contribution in [1.82, 2.24) is 10.2 Å². The minimum Gasteiger partial charge on any atom is -0.381 e. The van der Waals surface area contributed by atoms with Crippen molar-refractivity contribution in [1.29, 1.82) is 0 Å². The smallest absolute Gasteiger partial charge is 0.0586 e. The number of nitrogens with one attached hydrogen (secondary N) is 1. The fraction of sp³-hybridized carbons (Fsp3) is 1.00. The highest BCUT2D eigenvalue weighted by atomic mass is 16.5. The zero-order valence-corrected chi connectivity index (χ0v) is 14.1. The van der Waals surface area contributed by atoms with Gasteiger partial charge in [0.15, 0.2) is 0 Å². The summed E-state index contributed by atoms with van der Waals surface area (Å²) in [5, 5.41) is 3.79. The van der Waals surface area contributed by atoms with E-state index in [2.05, 4.69) is 37.9 Å². The van der Waals surface area contributed by atoms with E-state index in [1.54, 1.807) is 0 Å². The lowest BCUT2D eigenvalue weighted by Gasteiger charge is -2.46. The van der Waals surface area contributed by atoms with Gasteiger partial charge in [-0.05, 0) is 37.5 Å². The predicted octanol–water partition coefficient (Wildman–Crippen LogP) is 2.90. The fourth-order valence-electron chi connectivity index (χ4n) is 4.06. The largest absolute Gasteiger partial charge is 0.381 e. The molecule has 2 fully saturated rings. The Balaban J connectivity index is 1.99. The highest BCUT2D eigenvalue weighted by Crippen LogP contribution is 2.31. The van der Waals surface area contributed by atoms with Crippen LogP contribution < -0.4 is 5.32 Å². The average Bonchev–Trinajstić information content (AvgIpc) is 2.86. The molecule has 3 nitrogen and oxygen atoms in total. The van der Waals surface area contributed by atoms with E-state index in [9.17, 15) is 0 Å². The van der Waals surface area contributed by atoms with Crippen molar-refractivity contribution in [3.05, 3.63) is 0 Å². The van der Waals surface area contributed by atoms with Crippen LogP contribution in [0.2, 0.25) is 0 Å². The maximum Gasteiger partial charge on any atom is 0.0586 e. The number of ether oxygens (including phenoxy) is 1. The molecule has 118 valence electrons. The SMILES string of the molecule is COC1CCC(N2CC(CC(C)C)NCC2C(C)C)C1. The predicted molar refractivity (Wildman–Crippen MR) is 85.0 cm³/mol. The molecule has 2 rings (SSSR count). The normalized spacial score (nSPS) is 36.1. The van der Waals surface area contributed by atoms with Crippen LogP contribution in [0.15, 0.2) is 0 Å². The first-order chi connectivity index (χ1) is 9.51. The molecule has 1 saturated carbocycles. The summed E-state index contributed by atoms with van der Waals surface area (Å²) in [7, 11) is 1.87. The monoisotopic (exact) mass is 282 g/mol. The van der Waals surface area contributed by atoms with Crippen LogP contribution in [0.3, 0.4) is 0 Å². The van der Waals surface area contributed by atoms with Gasteiger partial charge >= 0.3 is 0 Å². The summed E-state index contributed by atoms with van der Waals surface area (Å²) in [6, 6.07) is 2.11. The van der Waals surface area contributed by atoms with E-state index >= 15 is 0 Å². The maximum atomic E-state index is 5.58. The zero-order valence-electron chi connectivity index (χ0n) is 14.1. The van der Waals surface area contributed by atoms with E-state index in [0.29, 0.717) is 18.2 Å². The standard InChI is InChI=1S/C17H34N2O/c1-12(2)8-14-11-19(17(10-18-14)13(3)4)15-6-7-16(9-15)20-5/h12-18H,6-11H2,1-5H3. The van der Waals surface area contributed by atoms with Crippen LogP contribution >= 0.6 is 0 Å². The molecule has 1 heterocycles. The molecular weight excluding hydrogens is 248 g/mol. The first kappa shape index (κ1) is 16.3. The molecule has 0 amide bonds. The van der Waals surface area contributed by atoms with Crippen LogP contribution in [0.4, 0.5) is 0 Å². The summed E-state index contributed by atoms with van der Waals surface area (Å²) in [5.74, 6) is 1.50. The number of hydrogen-bond acceptors (Lipinski definition) is 3. The molecule has 0 aromatic carbocycles. The highest BCUT2D eigenvalue weighted by Gasteiger charge is 2.37. The lowest BCUT2D eigenvalue weighted by Crippen LogP contribution is -2.61. The van der Waals surface area contributed by atoms with Gasteiger partial charge in [0.25, 0.3) is 0 Å². The Kier molecular flexibility index (Phi) is 5.88. The van der Waals surface area contributed by atoms with Crippen LogP contribution in [0.1, 0.15) is 53.4 Å². The van der Waals surface area contributed by atoms with E-state index in [0.717, 1.165) is 24.4 Å². The van der Waals surface area contributed by atoms with Crippen LogP contribution in [0.25, 0.3) is 0 Å². The number of piperazine rings is 1. The van der Waals surface area contributed by atoms with E-state index in [4.69, 9.17) is 4.74 Å². The Morgan fingerprint density at radius 1 is 1.20 bits per heavy atom. The lowest BCUT2D eigenvalue weighted by atomic mass is 9.93. The van der Waals surface area contributed by atoms with Gasteiger partial charge in [-0.3, -0.25) is 4.90 Å². The molecule has 1 aliphatic heterocycles. The Bertz CT molecular complexity index is 293. The van der Waals surface area contributed by atoms with Crippen molar-refractivity contribution < 1.29 is 4.74 Å². The third-order valence-electron chi connectivity index (χ3n) is 5.16. The molecule has 3 heteroatoms. The number of hydrogen-bond donors (Lipinski definition) is 1. The first-order valence-corrected chi connectivity index (χ1v) is 8.53. The van der Waals surface area contributed by atoms with Gasteiger partial charge in [-0.25, -0.2) is 0 Å². The second kappa shape index (κ2) is 7.24. The minimum atomic E-state index is 0.492. The topological polar surface area (TPSA) is 24.5 Å². The molecule has 0 spiro atoms. The molecule has 1 aliphatic carbocycles. The molecule has 4 atom stereocenters. The molecule has 1 saturated heterocycles.